The number of benzene rings is 1. The minimum absolute atomic E-state index is 0.0828. The molecule has 1 N–H and O–H groups in total. The molecule has 0 aliphatic rings. The first-order chi connectivity index (χ1) is 8.69. The molecule has 1 aromatic heterocycles. The van der Waals surface area contributed by atoms with Gasteiger partial charge in [-0.15, -0.1) is 11.3 Å². The number of hydrogen-bond acceptors (Lipinski definition) is 4. The molecule has 0 spiro atoms. The van der Waals surface area contributed by atoms with Crippen LogP contribution in [0.2, 0.25) is 0 Å². The first kappa shape index (κ1) is 12.7. The lowest BCUT2D eigenvalue weighted by Gasteiger charge is -2.03. The summed E-state index contributed by atoms with van der Waals surface area (Å²) in [5, 5.41) is 15.0. The molecule has 2 rings (SSSR count). The summed E-state index contributed by atoms with van der Waals surface area (Å²) in [5.41, 5.74) is 1.99. The molecule has 0 saturated carbocycles. The lowest BCUT2D eigenvalue weighted by Crippen LogP contribution is -2.12. The SMILES string of the molecule is Cc1csc(CNCc2ccc(F)c(C#N)c2)n1. The highest BCUT2D eigenvalue weighted by Crippen LogP contribution is 2.11. The van der Waals surface area contributed by atoms with Crippen LogP contribution in [0.15, 0.2) is 23.6 Å². The zero-order valence-electron chi connectivity index (χ0n) is 9.90. The van der Waals surface area contributed by atoms with Gasteiger partial charge in [0.15, 0.2) is 0 Å². The van der Waals surface area contributed by atoms with Crippen LogP contribution in [0.25, 0.3) is 0 Å². The Hall–Kier alpha value is -1.77. The Kier molecular flexibility index (Phi) is 4.03. The quantitative estimate of drug-likeness (QED) is 0.920. The van der Waals surface area contributed by atoms with E-state index in [0.717, 1.165) is 16.3 Å². The first-order valence-corrected chi connectivity index (χ1v) is 6.37. The largest absolute Gasteiger partial charge is 0.306 e. The molecule has 0 amide bonds. The van der Waals surface area contributed by atoms with E-state index in [4.69, 9.17) is 5.26 Å². The number of nitrogens with one attached hydrogen (secondary N) is 1. The van der Waals surface area contributed by atoms with Gasteiger partial charge in [0.2, 0.25) is 0 Å². The van der Waals surface area contributed by atoms with Crippen LogP contribution in [0.4, 0.5) is 4.39 Å². The van der Waals surface area contributed by atoms with Gasteiger partial charge in [-0.05, 0) is 24.6 Å². The summed E-state index contributed by atoms with van der Waals surface area (Å²) in [6.07, 6.45) is 0. The van der Waals surface area contributed by atoms with Crippen LogP contribution in [0.3, 0.4) is 0 Å². The highest BCUT2D eigenvalue weighted by Gasteiger charge is 2.03. The lowest BCUT2D eigenvalue weighted by atomic mass is 10.1. The van der Waals surface area contributed by atoms with Crippen LogP contribution < -0.4 is 5.32 Å². The zero-order valence-corrected chi connectivity index (χ0v) is 10.7. The fraction of sp³-hybridized carbons (Fsp3) is 0.231. The van der Waals surface area contributed by atoms with Gasteiger partial charge in [0.25, 0.3) is 0 Å². The molecule has 0 aliphatic heterocycles. The van der Waals surface area contributed by atoms with E-state index in [1.54, 1.807) is 23.5 Å². The van der Waals surface area contributed by atoms with Crippen molar-refractivity contribution >= 4 is 11.3 Å². The molecule has 0 radical (unpaired) electrons. The minimum Gasteiger partial charge on any atom is -0.306 e. The lowest BCUT2D eigenvalue weighted by molar-refractivity contribution is 0.621. The summed E-state index contributed by atoms with van der Waals surface area (Å²) in [6.45, 7) is 3.23. The maximum absolute atomic E-state index is 13.1. The molecule has 0 atom stereocenters. The van der Waals surface area contributed by atoms with Gasteiger partial charge in [0.05, 0.1) is 5.56 Å². The van der Waals surface area contributed by atoms with E-state index < -0.39 is 5.82 Å². The molecule has 5 heteroatoms. The van der Waals surface area contributed by atoms with Crippen molar-refractivity contribution in [1.29, 1.82) is 5.26 Å². The van der Waals surface area contributed by atoms with Crippen molar-refractivity contribution in [2.45, 2.75) is 20.0 Å². The van der Waals surface area contributed by atoms with E-state index in [0.29, 0.717) is 13.1 Å². The van der Waals surface area contributed by atoms with Crippen LogP contribution in [0.1, 0.15) is 21.8 Å². The standard InChI is InChI=1S/C13H12FN3S/c1-9-8-18-13(17-9)7-16-6-10-2-3-12(14)11(4-10)5-15/h2-4,8,16H,6-7H2,1H3. The van der Waals surface area contributed by atoms with E-state index >= 15 is 0 Å². The first-order valence-electron chi connectivity index (χ1n) is 5.49. The fourth-order valence-electron chi connectivity index (χ4n) is 1.57. The minimum atomic E-state index is -0.475. The molecule has 3 nitrogen and oxygen atoms in total. The second-order valence-corrected chi connectivity index (χ2v) is 4.85. The van der Waals surface area contributed by atoms with Crippen molar-refractivity contribution in [3.8, 4) is 6.07 Å². The van der Waals surface area contributed by atoms with Gasteiger partial charge < -0.3 is 5.32 Å². The molecule has 92 valence electrons. The van der Waals surface area contributed by atoms with Crippen molar-refractivity contribution in [3.05, 3.63) is 51.2 Å². The van der Waals surface area contributed by atoms with E-state index in [1.165, 1.54) is 6.07 Å². The second kappa shape index (κ2) is 5.71. The number of rotatable bonds is 4. The van der Waals surface area contributed by atoms with Crippen molar-refractivity contribution in [1.82, 2.24) is 10.3 Å². The van der Waals surface area contributed by atoms with Crippen LogP contribution >= 0.6 is 11.3 Å². The van der Waals surface area contributed by atoms with Gasteiger partial charge in [-0.3, -0.25) is 0 Å². The Morgan fingerprint density at radius 1 is 1.44 bits per heavy atom. The summed E-state index contributed by atoms with van der Waals surface area (Å²) in [5.74, 6) is -0.475. The molecule has 0 saturated heterocycles. The van der Waals surface area contributed by atoms with Crippen LogP contribution in [-0.4, -0.2) is 4.98 Å². The summed E-state index contributed by atoms with van der Waals surface area (Å²) < 4.78 is 13.1. The molecule has 0 unspecified atom stereocenters. The van der Waals surface area contributed by atoms with Crippen LogP contribution in [-0.2, 0) is 13.1 Å². The molecular weight excluding hydrogens is 249 g/mol. The van der Waals surface area contributed by atoms with Crippen molar-refractivity contribution < 1.29 is 4.39 Å². The van der Waals surface area contributed by atoms with Gasteiger partial charge in [0, 0.05) is 24.2 Å². The number of nitriles is 1. The molecule has 1 heterocycles. The zero-order chi connectivity index (χ0) is 13.0. The van der Waals surface area contributed by atoms with E-state index in [9.17, 15) is 4.39 Å². The fourth-order valence-corrected chi connectivity index (χ4v) is 2.31. The Balaban J connectivity index is 1.93. The summed E-state index contributed by atoms with van der Waals surface area (Å²) in [6, 6.07) is 6.40. The molecule has 2 aromatic rings. The van der Waals surface area contributed by atoms with Crippen molar-refractivity contribution in [2.24, 2.45) is 0 Å². The molecule has 0 aliphatic carbocycles. The normalized spacial score (nSPS) is 10.3. The summed E-state index contributed by atoms with van der Waals surface area (Å²) in [4.78, 5) is 4.33. The van der Waals surface area contributed by atoms with Gasteiger partial charge in [-0.1, -0.05) is 6.07 Å². The third-order valence-electron chi connectivity index (χ3n) is 2.42. The van der Waals surface area contributed by atoms with Gasteiger partial charge in [0.1, 0.15) is 16.9 Å². The number of nitrogens with zero attached hydrogens (tertiary/aromatic N) is 2. The van der Waals surface area contributed by atoms with Gasteiger partial charge in [-0.25, -0.2) is 9.37 Å². The summed E-state index contributed by atoms with van der Waals surface area (Å²) >= 11 is 1.61. The topological polar surface area (TPSA) is 48.7 Å². The van der Waals surface area contributed by atoms with Gasteiger partial charge in [-0.2, -0.15) is 5.26 Å². The highest BCUT2D eigenvalue weighted by atomic mass is 32.1. The smallest absolute Gasteiger partial charge is 0.140 e. The third kappa shape index (κ3) is 3.13. The third-order valence-corrected chi connectivity index (χ3v) is 3.39. The van der Waals surface area contributed by atoms with E-state index in [1.807, 2.05) is 18.4 Å². The maximum atomic E-state index is 13.1. The Bertz CT molecular complexity index is 586. The predicted molar refractivity (Wildman–Crippen MR) is 68.5 cm³/mol. The predicted octanol–water partition coefficient (Wildman–Crippen LogP) is 2.75. The number of thiazole rings is 1. The monoisotopic (exact) mass is 261 g/mol. The highest BCUT2D eigenvalue weighted by molar-refractivity contribution is 7.09. The van der Waals surface area contributed by atoms with Crippen molar-refractivity contribution in [2.75, 3.05) is 0 Å². The number of halogens is 1. The van der Waals surface area contributed by atoms with E-state index in [-0.39, 0.29) is 5.56 Å². The number of aromatic nitrogens is 1. The average molecular weight is 261 g/mol. The van der Waals surface area contributed by atoms with Crippen LogP contribution in [0.5, 0.6) is 0 Å². The molecule has 0 fully saturated rings. The van der Waals surface area contributed by atoms with Gasteiger partial charge >= 0.3 is 0 Å². The average Bonchev–Trinajstić information content (AvgIpc) is 2.77. The summed E-state index contributed by atoms with van der Waals surface area (Å²) in [7, 11) is 0. The molecular formula is C13H12FN3S. The maximum Gasteiger partial charge on any atom is 0.140 e. The Morgan fingerprint density at radius 2 is 2.28 bits per heavy atom. The number of hydrogen-bond donors (Lipinski definition) is 1. The molecule has 1 aromatic carbocycles. The second-order valence-electron chi connectivity index (χ2n) is 3.91. The van der Waals surface area contributed by atoms with E-state index in [2.05, 4.69) is 10.3 Å². The molecule has 18 heavy (non-hydrogen) atoms. The van der Waals surface area contributed by atoms with Crippen LogP contribution in [0, 0.1) is 24.1 Å². The Morgan fingerprint density at radius 3 is 2.94 bits per heavy atom. The Labute approximate surface area is 109 Å². The van der Waals surface area contributed by atoms with Crippen molar-refractivity contribution in [3.63, 3.8) is 0 Å². The number of aryl methyl sites for hydroxylation is 1. The molecule has 0 bridgehead atoms.